The number of hydrogen-bond donors (Lipinski definition) is 1. The number of rotatable bonds is 5. The fourth-order valence-electron chi connectivity index (χ4n) is 1.99. The molecule has 2 atom stereocenters. The zero-order chi connectivity index (χ0) is 13.0. The van der Waals surface area contributed by atoms with Crippen LogP contribution in [-0.4, -0.2) is 15.0 Å². The van der Waals surface area contributed by atoms with Crippen molar-refractivity contribution in [2.24, 2.45) is 5.73 Å². The fourth-order valence-corrected chi connectivity index (χ4v) is 1.99. The highest BCUT2D eigenvalue weighted by Crippen LogP contribution is 2.18. The lowest BCUT2D eigenvalue weighted by Gasteiger charge is -2.11. The third-order valence-corrected chi connectivity index (χ3v) is 3.19. The Labute approximate surface area is 108 Å². The van der Waals surface area contributed by atoms with Crippen molar-refractivity contribution in [3.05, 3.63) is 47.8 Å². The first-order valence-corrected chi connectivity index (χ1v) is 6.44. The minimum absolute atomic E-state index is 0.00766. The molecular weight excluding hydrogens is 224 g/mol. The molecule has 2 rings (SSSR count). The zero-order valence-electron chi connectivity index (χ0n) is 11.0. The summed E-state index contributed by atoms with van der Waals surface area (Å²) in [6.45, 7) is 4.23. The summed E-state index contributed by atoms with van der Waals surface area (Å²) < 4.78 is 1.88. The Balaban J connectivity index is 2.15. The van der Waals surface area contributed by atoms with Gasteiger partial charge in [-0.2, -0.15) is 0 Å². The van der Waals surface area contributed by atoms with Crippen molar-refractivity contribution < 1.29 is 0 Å². The molecule has 0 amide bonds. The third kappa shape index (κ3) is 2.76. The summed E-state index contributed by atoms with van der Waals surface area (Å²) in [5.74, 6) is 0. The Morgan fingerprint density at radius 1 is 1.28 bits per heavy atom. The normalized spacial score (nSPS) is 14.4. The summed E-state index contributed by atoms with van der Waals surface area (Å²) in [5, 5.41) is 8.35. The van der Waals surface area contributed by atoms with Crippen LogP contribution in [-0.2, 0) is 0 Å². The van der Waals surface area contributed by atoms with E-state index in [4.69, 9.17) is 5.73 Å². The second-order valence-electron chi connectivity index (χ2n) is 4.61. The predicted molar refractivity (Wildman–Crippen MR) is 72.1 cm³/mol. The van der Waals surface area contributed by atoms with Gasteiger partial charge >= 0.3 is 0 Å². The second-order valence-corrected chi connectivity index (χ2v) is 4.61. The molecule has 1 aromatic carbocycles. The van der Waals surface area contributed by atoms with Crippen LogP contribution in [0.5, 0.6) is 0 Å². The average molecular weight is 244 g/mol. The summed E-state index contributed by atoms with van der Waals surface area (Å²) in [5.41, 5.74) is 8.14. The summed E-state index contributed by atoms with van der Waals surface area (Å²) in [7, 11) is 0. The first kappa shape index (κ1) is 12.8. The molecule has 4 nitrogen and oxygen atoms in total. The summed E-state index contributed by atoms with van der Waals surface area (Å²) >= 11 is 0. The van der Waals surface area contributed by atoms with Crippen LogP contribution in [0.25, 0.3) is 0 Å². The van der Waals surface area contributed by atoms with Crippen molar-refractivity contribution in [3.8, 4) is 0 Å². The number of nitrogens with zero attached hydrogens (tertiary/aromatic N) is 3. The molecule has 2 aromatic rings. The molecule has 0 aliphatic rings. The lowest BCUT2D eigenvalue weighted by atomic mass is 10.1. The summed E-state index contributed by atoms with van der Waals surface area (Å²) in [4.78, 5) is 0. The van der Waals surface area contributed by atoms with Gasteiger partial charge in [0.2, 0.25) is 0 Å². The third-order valence-electron chi connectivity index (χ3n) is 3.19. The van der Waals surface area contributed by atoms with Crippen molar-refractivity contribution in [2.45, 2.75) is 38.8 Å². The van der Waals surface area contributed by atoms with E-state index in [2.05, 4.69) is 36.3 Å². The van der Waals surface area contributed by atoms with Gasteiger partial charge in [0, 0.05) is 0 Å². The molecule has 1 aromatic heterocycles. The van der Waals surface area contributed by atoms with Gasteiger partial charge in [-0.15, -0.1) is 5.10 Å². The number of hydrogen-bond acceptors (Lipinski definition) is 3. The van der Waals surface area contributed by atoms with Crippen LogP contribution in [0.2, 0.25) is 0 Å². The smallest absolute Gasteiger partial charge is 0.0994 e. The molecule has 2 unspecified atom stereocenters. The Kier molecular flexibility index (Phi) is 4.10. The molecule has 0 aliphatic heterocycles. The van der Waals surface area contributed by atoms with E-state index in [9.17, 15) is 0 Å². The van der Waals surface area contributed by atoms with Crippen molar-refractivity contribution in [1.29, 1.82) is 0 Å². The van der Waals surface area contributed by atoms with E-state index in [-0.39, 0.29) is 12.1 Å². The van der Waals surface area contributed by atoms with Crippen LogP contribution < -0.4 is 5.73 Å². The summed E-state index contributed by atoms with van der Waals surface area (Å²) in [6.07, 6.45) is 3.96. The van der Waals surface area contributed by atoms with E-state index in [0.29, 0.717) is 0 Å². The Morgan fingerprint density at radius 3 is 2.67 bits per heavy atom. The molecule has 0 bridgehead atoms. The number of nitrogens with two attached hydrogens (primary N) is 1. The fraction of sp³-hybridized carbons (Fsp3) is 0.429. The lowest BCUT2D eigenvalue weighted by Crippen LogP contribution is -2.10. The van der Waals surface area contributed by atoms with Gasteiger partial charge in [-0.1, -0.05) is 48.9 Å². The van der Waals surface area contributed by atoms with E-state index in [1.54, 1.807) is 0 Å². The molecule has 0 spiro atoms. The van der Waals surface area contributed by atoms with Gasteiger partial charge in [0.25, 0.3) is 0 Å². The molecule has 18 heavy (non-hydrogen) atoms. The minimum Gasteiger partial charge on any atom is -0.323 e. The highest BCUT2D eigenvalue weighted by molar-refractivity contribution is 5.19. The van der Waals surface area contributed by atoms with Gasteiger partial charge < -0.3 is 5.73 Å². The van der Waals surface area contributed by atoms with Gasteiger partial charge in [0.1, 0.15) is 0 Å². The van der Waals surface area contributed by atoms with Crippen LogP contribution in [0.1, 0.15) is 50.0 Å². The molecule has 0 saturated heterocycles. The lowest BCUT2D eigenvalue weighted by molar-refractivity contribution is 0.543. The van der Waals surface area contributed by atoms with Crippen LogP contribution >= 0.6 is 0 Å². The standard InChI is InChI=1S/C14H20N4/c1-3-7-13(15)14-10-18(17-16-14)11(2)12-8-5-4-6-9-12/h4-6,8-11,13H,3,7,15H2,1-2H3. The average Bonchev–Trinajstić information content (AvgIpc) is 2.89. The van der Waals surface area contributed by atoms with E-state index < -0.39 is 0 Å². The van der Waals surface area contributed by atoms with Gasteiger partial charge in [0.15, 0.2) is 0 Å². The molecule has 0 aliphatic carbocycles. The maximum Gasteiger partial charge on any atom is 0.0994 e. The van der Waals surface area contributed by atoms with Crippen LogP contribution in [0.4, 0.5) is 0 Å². The van der Waals surface area contributed by atoms with Gasteiger partial charge in [0.05, 0.1) is 24.0 Å². The number of aromatic nitrogens is 3. The Morgan fingerprint density at radius 2 is 2.00 bits per heavy atom. The van der Waals surface area contributed by atoms with Crippen LogP contribution in [0.15, 0.2) is 36.5 Å². The van der Waals surface area contributed by atoms with E-state index in [0.717, 1.165) is 18.5 Å². The highest BCUT2D eigenvalue weighted by Gasteiger charge is 2.13. The van der Waals surface area contributed by atoms with Crippen molar-refractivity contribution in [3.63, 3.8) is 0 Å². The van der Waals surface area contributed by atoms with Crippen LogP contribution in [0.3, 0.4) is 0 Å². The second kappa shape index (κ2) is 5.78. The predicted octanol–water partition coefficient (Wildman–Crippen LogP) is 2.69. The first-order valence-electron chi connectivity index (χ1n) is 6.44. The van der Waals surface area contributed by atoms with Gasteiger partial charge in [-0.25, -0.2) is 4.68 Å². The Hall–Kier alpha value is -1.68. The maximum atomic E-state index is 6.04. The van der Waals surface area contributed by atoms with Crippen LogP contribution in [0, 0.1) is 0 Å². The quantitative estimate of drug-likeness (QED) is 0.879. The van der Waals surface area contributed by atoms with Gasteiger partial charge in [-0.05, 0) is 18.9 Å². The van der Waals surface area contributed by atoms with E-state index in [1.165, 1.54) is 5.56 Å². The van der Waals surface area contributed by atoms with Gasteiger partial charge in [-0.3, -0.25) is 0 Å². The van der Waals surface area contributed by atoms with Crippen molar-refractivity contribution >= 4 is 0 Å². The molecule has 4 heteroatoms. The molecule has 2 N–H and O–H groups in total. The summed E-state index contributed by atoms with van der Waals surface area (Å²) in [6, 6.07) is 10.4. The molecule has 0 radical (unpaired) electrons. The molecule has 1 heterocycles. The topological polar surface area (TPSA) is 56.7 Å². The zero-order valence-corrected chi connectivity index (χ0v) is 11.0. The van der Waals surface area contributed by atoms with Crippen molar-refractivity contribution in [1.82, 2.24) is 15.0 Å². The molecule has 0 saturated carbocycles. The molecular formula is C14H20N4. The molecule has 0 fully saturated rings. The largest absolute Gasteiger partial charge is 0.323 e. The maximum absolute atomic E-state index is 6.04. The van der Waals surface area contributed by atoms with E-state index >= 15 is 0 Å². The minimum atomic E-state index is -0.00766. The Bertz CT molecular complexity index is 478. The van der Waals surface area contributed by atoms with Crippen molar-refractivity contribution in [2.75, 3.05) is 0 Å². The SMILES string of the molecule is CCCC(N)c1cn(C(C)c2ccccc2)nn1. The number of benzene rings is 1. The molecule has 96 valence electrons. The highest BCUT2D eigenvalue weighted by atomic mass is 15.4. The monoisotopic (exact) mass is 244 g/mol. The first-order chi connectivity index (χ1) is 8.72. The van der Waals surface area contributed by atoms with E-state index in [1.807, 2.05) is 29.1 Å².